The SMILES string of the molecule is COC(=O)C1C[C@H]2CC[C@@H](C1)N2C. The molecule has 2 saturated heterocycles. The Kier molecular flexibility index (Phi) is 2.28. The third kappa shape index (κ3) is 1.46. The van der Waals surface area contributed by atoms with E-state index in [0.717, 1.165) is 12.8 Å². The van der Waals surface area contributed by atoms with E-state index in [2.05, 4.69) is 11.9 Å². The fourth-order valence-corrected chi connectivity index (χ4v) is 2.77. The summed E-state index contributed by atoms with van der Waals surface area (Å²) in [6, 6.07) is 1.26. The first-order chi connectivity index (χ1) is 6.22. The molecule has 0 aromatic carbocycles. The Morgan fingerprint density at radius 3 is 2.31 bits per heavy atom. The zero-order valence-corrected chi connectivity index (χ0v) is 8.32. The number of hydrogen-bond donors (Lipinski definition) is 0. The van der Waals surface area contributed by atoms with Gasteiger partial charge in [0.2, 0.25) is 0 Å². The molecule has 0 saturated carbocycles. The van der Waals surface area contributed by atoms with E-state index in [9.17, 15) is 4.79 Å². The topological polar surface area (TPSA) is 29.5 Å². The van der Waals surface area contributed by atoms with Gasteiger partial charge in [-0.3, -0.25) is 4.79 Å². The predicted molar refractivity (Wildman–Crippen MR) is 49.3 cm³/mol. The Hall–Kier alpha value is -0.570. The van der Waals surface area contributed by atoms with E-state index >= 15 is 0 Å². The van der Waals surface area contributed by atoms with Crippen molar-refractivity contribution in [2.75, 3.05) is 14.2 Å². The number of methoxy groups -OCH3 is 1. The highest BCUT2D eigenvalue weighted by molar-refractivity contribution is 5.72. The molecule has 2 heterocycles. The minimum Gasteiger partial charge on any atom is -0.469 e. The van der Waals surface area contributed by atoms with Crippen molar-refractivity contribution in [3.63, 3.8) is 0 Å². The van der Waals surface area contributed by atoms with Gasteiger partial charge in [-0.25, -0.2) is 0 Å². The molecule has 13 heavy (non-hydrogen) atoms. The molecule has 0 aliphatic carbocycles. The van der Waals surface area contributed by atoms with Gasteiger partial charge >= 0.3 is 5.97 Å². The zero-order chi connectivity index (χ0) is 9.42. The van der Waals surface area contributed by atoms with E-state index in [-0.39, 0.29) is 11.9 Å². The number of ether oxygens (including phenoxy) is 1. The van der Waals surface area contributed by atoms with Crippen LogP contribution in [0.5, 0.6) is 0 Å². The van der Waals surface area contributed by atoms with Gasteiger partial charge in [-0.2, -0.15) is 0 Å². The van der Waals surface area contributed by atoms with Crippen molar-refractivity contribution in [2.24, 2.45) is 5.92 Å². The van der Waals surface area contributed by atoms with Crippen molar-refractivity contribution >= 4 is 5.97 Å². The van der Waals surface area contributed by atoms with Crippen molar-refractivity contribution in [1.29, 1.82) is 0 Å². The highest BCUT2D eigenvalue weighted by Crippen LogP contribution is 2.37. The Balaban J connectivity index is 2.02. The van der Waals surface area contributed by atoms with E-state index in [1.165, 1.54) is 20.0 Å². The second-order valence-electron chi connectivity index (χ2n) is 4.24. The lowest BCUT2D eigenvalue weighted by atomic mass is 9.91. The molecule has 3 heteroatoms. The molecule has 2 aliphatic rings. The number of nitrogens with zero attached hydrogens (tertiary/aromatic N) is 1. The van der Waals surface area contributed by atoms with Crippen molar-refractivity contribution in [1.82, 2.24) is 4.90 Å². The van der Waals surface area contributed by atoms with Crippen LogP contribution in [0.4, 0.5) is 0 Å². The second-order valence-corrected chi connectivity index (χ2v) is 4.24. The summed E-state index contributed by atoms with van der Waals surface area (Å²) in [5.74, 6) is 0.156. The van der Waals surface area contributed by atoms with Crippen LogP contribution >= 0.6 is 0 Å². The summed E-state index contributed by atoms with van der Waals surface area (Å²) in [5.41, 5.74) is 0. The Labute approximate surface area is 79.0 Å². The summed E-state index contributed by atoms with van der Waals surface area (Å²) in [7, 11) is 3.67. The lowest BCUT2D eigenvalue weighted by Gasteiger charge is -2.34. The molecule has 2 fully saturated rings. The van der Waals surface area contributed by atoms with Crippen LogP contribution in [0.1, 0.15) is 25.7 Å². The molecule has 0 radical (unpaired) electrons. The van der Waals surface area contributed by atoms with Crippen LogP contribution in [0.25, 0.3) is 0 Å². The fourth-order valence-electron chi connectivity index (χ4n) is 2.77. The molecule has 1 unspecified atom stereocenters. The van der Waals surface area contributed by atoms with E-state index in [4.69, 9.17) is 4.74 Å². The van der Waals surface area contributed by atoms with E-state index in [1.807, 2.05) is 0 Å². The number of fused-ring (bicyclic) bond motifs is 2. The van der Waals surface area contributed by atoms with Gasteiger partial charge in [0.1, 0.15) is 0 Å². The Morgan fingerprint density at radius 1 is 1.31 bits per heavy atom. The van der Waals surface area contributed by atoms with Crippen LogP contribution in [-0.2, 0) is 9.53 Å². The lowest BCUT2D eigenvalue weighted by molar-refractivity contribution is -0.147. The zero-order valence-electron chi connectivity index (χ0n) is 8.32. The van der Waals surface area contributed by atoms with Gasteiger partial charge in [-0.1, -0.05) is 0 Å². The van der Waals surface area contributed by atoms with Crippen molar-refractivity contribution in [3.8, 4) is 0 Å². The van der Waals surface area contributed by atoms with Crippen LogP contribution in [0.15, 0.2) is 0 Å². The fraction of sp³-hybridized carbons (Fsp3) is 0.900. The predicted octanol–water partition coefficient (Wildman–Crippen LogP) is 1.03. The molecule has 2 bridgehead atoms. The Bertz CT molecular complexity index is 203. The molecular weight excluding hydrogens is 166 g/mol. The number of rotatable bonds is 1. The average Bonchev–Trinajstić information content (AvgIpc) is 2.42. The molecular formula is C10H17NO2. The first-order valence-electron chi connectivity index (χ1n) is 5.02. The molecule has 0 amide bonds. The molecule has 2 rings (SSSR count). The number of carbonyl (C=O) groups is 1. The van der Waals surface area contributed by atoms with Gasteiger partial charge in [0.05, 0.1) is 13.0 Å². The van der Waals surface area contributed by atoms with Gasteiger partial charge in [0.15, 0.2) is 0 Å². The second kappa shape index (κ2) is 3.29. The highest BCUT2D eigenvalue weighted by Gasteiger charge is 2.41. The van der Waals surface area contributed by atoms with Crippen LogP contribution in [0, 0.1) is 5.92 Å². The first-order valence-corrected chi connectivity index (χ1v) is 5.02. The minimum absolute atomic E-state index is 0.00926. The third-order valence-corrected chi connectivity index (χ3v) is 3.63. The third-order valence-electron chi connectivity index (χ3n) is 3.63. The van der Waals surface area contributed by atoms with E-state index < -0.39 is 0 Å². The quantitative estimate of drug-likeness (QED) is 0.569. The highest BCUT2D eigenvalue weighted by atomic mass is 16.5. The number of hydrogen-bond acceptors (Lipinski definition) is 3. The molecule has 3 atom stereocenters. The molecule has 2 aliphatic heterocycles. The summed E-state index contributed by atoms with van der Waals surface area (Å²) in [6.07, 6.45) is 4.52. The van der Waals surface area contributed by atoms with E-state index in [1.54, 1.807) is 0 Å². The lowest BCUT2D eigenvalue weighted by Crippen LogP contribution is -2.42. The number of piperidine rings is 1. The normalized spacial score (nSPS) is 39.1. The average molecular weight is 183 g/mol. The van der Waals surface area contributed by atoms with Crippen molar-refractivity contribution < 1.29 is 9.53 Å². The maximum absolute atomic E-state index is 11.4. The van der Waals surface area contributed by atoms with Crippen LogP contribution in [0.3, 0.4) is 0 Å². The Morgan fingerprint density at radius 2 is 1.85 bits per heavy atom. The van der Waals surface area contributed by atoms with Crippen LogP contribution in [0.2, 0.25) is 0 Å². The van der Waals surface area contributed by atoms with Gasteiger partial charge < -0.3 is 9.64 Å². The molecule has 0 aromatic rings. The van der Waals surface area contributed by atoms with Crippen molar-refractivity contribution in [2.45, 2.75) is 37.8 Å². The van der Waals surface area contributed by atoms with Crippen LogP contribution in [-0.4, -0.2) is 37.1 Å². The van der Waals surface area contributed by atoms with Gasteiger partial charge in [0, 0.05) is 12.1 Å². The minimum atomic E-state index is -0.00926. The smallest absolute Gasteiger partial charge is 0.308 e. The maximum Gasteiger partial charge on any atom is 0.308 e. The molecule has 74 valence electrons. The van der Waals surface area contributed by atoms with Gasteiger partial charge in [-0.05, 0) is 32.7 Å². The number of carbonyl (C=O) groups excluding carboxylic acids is 1. The maximum atomic E-state index is 11.4. The summed E-state index contributed by atoms with van der Waals surface area (Å²) in [6.45, 7) is 0. The molecule has 0 spiro atoms. The largest absolute Gasteiger partial charge is 0.469 e. The van der Waals surface area contributed by atoms with Gasteiger partial charge in [-0.15, -0.1) is 0 Å². The molecule has 3 nitrogen and oxygen atoms in total. The summed E-state index contributed by atoms with van der Waals surface area (Å²) >= 11 is 0. The monoisotopic (exact) mass is 183 g/mol. The number of esters is 1. The van der Waals surface area contributed by atoms with Crippen LogP contribution < -0.4 is 0 Å². The van der Waals surface area contributed by atoms with E-state index in [0.29, 0.717) is 12.1 Å². The van der Waals surface area contributed by atoms with Crippen molar-refractivity contribution in [3.05, 3.63) is 0 Å². The summed E-state index contributed by atoms with van der Waals surface area (Å²) in [5, 5.41) is 0. The first kappa shape index (κ1) is 9.00. The van der Waals surface area contributed by atoms with Gasteiger partial charge in [0.25, 0.3) is 0 Å². The standard InChI is InChI=1S/C10H17NO2/c1-11-8-3-4-9(11)6-7(5-8)10(12)13-2/h7-9H,3-6H2,1-2H3/t7?,8-,9+. The molecule has 0 aromatic heterocycles. The molecule has 0 N–H and O–H groups in total. The summed E-state index contributed by atoms with van der Waals surface area (Å²) < 4.78 is 4.79. The summed E-state index contributed by atoms with van der Waals surface area (Å²) in [4.78, 5) is 13.8.